The summed E-state index contributed by atoms with van der Waals surface area (Å²) in [6, 6.07) is 3.65. The second-order valence-corrected chi connectivity index (χ2v) is 6.21. The minimum atomic E-state index is -5.08. The molecule has 0 aliphatic carbocycles. The Balaban J connectivity index is 0.000000345. The third kappa shape index (κ3) is 4.53. The van der Waals surface area contributed by atoms with Gasteiger partial charge in [-0.3, -0.25) is 9.48 Å². The molecule has 0 radical (unpaired) electrons. The average molecular weight is 402 g/mol. The Morgan fingerprint density at radius 1 is 1.36 bits per heavy atom. The van der Waals surface area contributed by atoms with Crippen molar-refractivity contribution in [3.8, 4) is 0 Å². The molecule has 154 valence electrons. The van der Waals surface area contributed by atoms with Crippen molar-refractivity contribution in [3.05, 3.63) is 41.5 Å². The van der Waals surface area contributed by atoms with Gasteiger partial charge in [-0.25, -0.2) is 4.79 Å². The predicted molar refractivity (Wildman–Crippen MR) is 91.7 cm³/mol. The number of hydrogen-bond donors (Lipinski definition) is 1. The predicted octanol–water partition coefficient (Wildman–Crippen LogP) is 1.78. The molecule has 1 aliphatic rings. The highest BCUT2D eigenvalue weighted by Crippen LogP contribution is 2.30. The maximum absolute atomic E-state index is 12.8. The number of halogens is 3. The van der Waals surface area contributed by atoms with Gasteiger partial charge in [0.25, 0.3) is 5.91 Å². The van der Waals surface area contributed by atoms with Crippen molar-refractivity contribution in [2.75, 3.05) is 20.3 Å². The van der Waals surface area contributed by atoms with Crippen LogP contribution in [0.15, 0.2) is 24.5 Å². The van der Waals surface area contributed by atoms with Gasteiger partial charge in [0.15, 0.2) is 0 Å². The molecule has 28 heavy (non-hydrogen) atoms. The van der Waals surface area contributed by atoms with E-state index in [0.29, 0.717) is 18.8 Å². The van der Waals surface area contributed by atoms with Gasteiger partial charge in [0.05, 0.1) is 24.5 Å². The molecule has 2 aromatic heterocycles. The number of carboxylic acids is 1. The summed E-state index contributed by atoms with van der Waals surface area (Å²) in [6.07, 6.45) is -0.472. The number of aryl methyl sites for hydroxylation is 2. The Kier molecular flexibility index (Phi) is 6.49. The van der Waals surface area contributed by atoms with E-state index in [1.54, 1.807) is 7.11 Å². The van der Waals surface area contributed by atoms with E-state index in [1.165, 1.54) is 5.56 Å². The van der Waals surface area contributed by atoms with Gasteiger partial charge in [-0.05, 0) is 24.1 Å². The Labute approximate surface area is 159 Å². The molecule has 3 heterocycles. The number of rotatable bonds is 3. The normalized spacial score (nSPS) is 16.2. The van der Waals surface area contributed by atoms with Gasteiger partial charge in [0, 0.05) is 33.9 Å². The molecule has 0 fully saturated rings. The maximum atomic E-state index is 12.8. The first kappa shape index (κ1) is 21.5. The first-order valence-corrected chi connectivity index (χ1v) is 8.30. The number of nitrogens with zero attached hydrogens (tertiary/aromatic N) is 4. The highest BCUT2D eigenvalue weighted by atomic mass is 19.4. The van der Waals surface area contributed by atoms with E-state index >= 15 is 0 Å². The Morgan fingerprint density at radius 2 is 2.00 bits per heavy atom. The van der Waals surface area contributed by atoms with Crippen molar-refractivity contribution in [2.24, 2.45) is 14.1 Å². The molecule has 0 bridgehead atoms. The number of fused-ring (bicyclic) bond motifs is 1. The third-order valence-electron chi connectivity index (χ3n) is 4.37. The fourth-order valence-corrected chi connectivity index (χ4v) is 3.06. The molecule has 0 aromatic carbocycles. The third-order valence-corrected chi connectivity index (χ3v) is 4.37. The van der Waals surface area contributed by atoms with Gasteiger partial charge in [-0.2, -0.15) is 18.3 Å². The largest absolute Gasteiger partial charge is 0.490 e. The molecule has 1 amide bonds. The quantitative estimate of drug-likeness (QED) is 0.845. The molecule has 11 heteroatoms. The summed E-state index contributed by atoms with van der Waals surface area (Å²) in [5, 5.41) is 11.4. The van der Waals surface area contributed by atoms with Crippen LogP contribution in [0.4, 0.5) is 13.2 Å². The van der Waals surface area contributed by atoms with Crippen LogP contribution in [0.2, 0.25) is 0 Å². The zero-order chi connectivity index (χ0) is 21.1. The summed E-state index contributed by atoms with van der Waals surface area (Å²) in [5.41, 5.74) is 2.97. The zero-order valence-corrected chi connectivity index (χ0v) is 15.6. The smallest absolute Gasteiger partial charge is 0.475 e. The summed E-state index contributed by atoms with van der Waals surface area (Å²) >= 11 is 0. The van der Waals surface area contributed by atoms with Crippen molar-refractivity contribution in [1.82, 2.24) is 19.2 Å². The summed E-state index contributed by atoms with van der Waals surface area (Å²) in [7, 11) is 5.46. The lowest BCUT2D eigenvalue weighted by Gasteiger charge is -2.35. The number of aliphatic carboxylic acids is 1. The van der Waals surface area contributed by atoms with Crippen LogP contribution in [0.1, 0.15) is 27.8 Å². The van der Waals surface area contributed by atoms with E-state index in [9.17, 15) is 18.0 Å². The summed E-state index contributed by atoms with van der Waals surface area (Å²) in [6.45, 7) is 1.17. The monoisotopic (exact) mass is 402 g/mol. The van der Waals surface area contributed by atoms with E-state index in [2.05, 4.69) is 5.10 Å². The molecule has 2 aromatic rings. The van der Waals surface area contributed by atoms with E-state index in [1.807, 2.05) is 52.8 Å². The van der Waals surface area contributed by atoms with Crippen LogP contribution in [0.3, 0.4) is 0 Å². The second kappa shape index (κ2) is 8.46. The first-order chi connectivity index (χ1) is 13.1. The van der Waals surface area contributed by atoms with Gasteiger partial charge < -0.3 is 19.3 Å². The Bertz CT molecular complexity index is 844. The standard InChI is InChI=1S/C15H20N4O2.C2HF3O2/c1-17-7-4-5-12(17)15(20)19-8-6-11-9-16-18(2)14(11)13(19)10-21-3;3-2(4,5)1(6)7/h4-5,7,9,13H,6,8,10H2,1-3H3;(H,6,7). The Hall–Kier alpha value is -2.82. The van der Waals surface area contributed by atoms with Crippen molar-refractivity contribution in [2.45, 2.75) is 18.6 Å². The lowest BCUT2D eigenvalue weighted by atomic mass is 9.99. The number of hydrogen-bond acceptors (Lipinski definition) is 4. The van der Waals surface area contributed by atoms with Gasteiger partial charge in [0.1, 0.15) is 5.69 Å². The van der Waals surface area contributed by atoms with Crippen LogP contribution in [0, 0.1) is 0 Å². The molecular formula is C17H21F3N4O4. The summed E-state index contributed by atoms with van der Waals surface area (Å²) in [4.78, 5) is 23.6. The van der Waals surface area contributed by atoms with Crippen molar-refractivity contribution < 1.29 is 32.6 Å². The lowest BCUT2D eigenvalue weighted by Crippen LogP contribution is -2.43. The number of methoxy groups -OCH3 is 1. The summed E-state index contributed by atoms with van der Waals surface area (Å²) in [5.74, 6) is -2.72. The van der Waals surface area contributed by atoms with Crippen molar-refractivity contribution >= 4 is 11.9 Å². The van der Waals surface area contributed by atoms with Crippen LogP contribution in [0.25, 0.3) is 0 Å². The van der Waals surface area contributed by atoms with Crippen LogP contribution in [-0.2, 0) is 30.0 Å². The van der Waals surface area contributed by atoms with E-state index < -0.39 is 12.1 Å². The minimum Gasteiger partial charge on any atom is -0.475 e. The minimum absolute atomic E-state index is 0.0383. The molecule has 0 saturated carbocycles. The molecule has 0 saturated heterocycles. The Morgan fingerprint density at radius 3 is 2.50 bits per heavy atom. The second-order valence-electron chi connectivity index (χ2n) is 6.21. The van der Waals surface area contributed by atoms with E-state index in [0.717, 1.165) is 12.1 Å². The van der Waals surface area contributed by atoms with Gasteiger partial charge >= 0.3 is 12.1 Å². The number of ether oxygens (including phenoxy) is 1. The highest BCUT2D eigenvalue weighted by Gasteiger charge is 2.38. The lowest BCUT2D eigenvalue weighted by molar-refractivity contribution is -0.192. The van der Waals surface area contributed by atoms with Crippen LogP contribution < -0.4 is 0 Å². The molecule has 1 unspecified atom stereocenters. The SMILES string of the molecule is COCC1c2c(cnn2C)CCN1C(=O)c1cccn1C.O=C(O)C(F)(F)F. The topological polar surface area (TPSA) is 89.6 Å². The van der Waals surface area contributed by atoms with Crippen molar-refractivity contribution in [3.63, 3.8) is 0 Å². The number of amides is 1. The molecule has 1 atom stereocenters. The maximum Gasteiger partial charge on any atom is 0.490 e. The summed E-state index contributed by atoms with van der Waals surface area (Å²) < 4.78 is 40.8. The molecule has 0 spiro atoms. The average Bonchev–Trinajstić information content (AvgIpc) is 3.21. The molecular weight excluding hydrogens is 381 g/mol. The number of carbonyl (C=O) groups is 2. The highest BCUT2D eigenvalue weighted by molar-refractivity contribution is 5.93. The molecule has 3 rings (SSSR count). The number of aromatic nitrogens is 3. The zero-order valence-electron chi connectivity index (χ0n) is 15.6. The van der Waals surface area contributed by atoms with Crippen molar-refractivity contribution in [1.29, 1.82) is 0 Å². The molecule has 1 N–H and O–H groups in total. The van der Waals surface area contributed by atoms with Gasteiger partial charge in [-0.15, -0.1) is 0 Å². The van der Waals surface area contributed by atoms with Gasteiger partial charge in [-0.1, -0.05) is 0 Å². The van der Waals surface area contributed by atoms with Crippen LogP contribution in [-0.4, -0.2) is 62.7 Å². The molecule has 8 nitrogen and oxygen atoms in total. The first-order valence-electron chi connectivity index (χ1n) is 8.30. The number of carboxylic acid groups (broad SMARTS) is 1. The van der Waals surface area contributed by atoms with Crippen LogP contribution in [0.5, 0.6) is 0 Å². The van der Waals surface area contributed by atoms with Crippen LogP contribution >= 0.6 is 0 Å². The molecule has 1 aliphatic heterocycles. The fraction of sp³-hybridized carbons (Fsp3) is 0.471. The number of alkyl halides is 3. The van der Waals surface area contributed by atoms with E-state index in [4.69, 9.17) is 14.6 Å². The fourth-order valence-electron chi connectivity index (χ4n) is 3.06. The van der Waals surface area contributed by atoms with Gasteiger partial charge in [0.2, 0.25) is 0 Å². The van der Waals surface area contributed by atoms with E-state index in [-0.39, 0.29) is 11.9 Å². The number of carbonyl (C=O) groups excluding carboxylic acids is 1.